The van der Waals surface area contributed by atoms with Crippen LogP contribution in [-0.2, 0) is 18.3 Å². The van der Waals surface area contributed by atoms with Gasteiger partial charge in [0.1, 0.15) is 5.69 Å². The van der Waals surface area contributed by atoms with Crippen LogP contribution in [0.2, 0.25) is 0 Å². The third kappa shape index (κ3) is 4.82. The molecule has 8 heteroatoms. The van der Waals surface area contributed by atoms with E-state index in [1.807, 2.05) is 79.3 Å². The zero-order chi connectivity index (χ0) is 25.1. The van der Waals surface area contributed by atoms with Crippen molar-refractivity contribution in [1.82, 2.24) is 24.1 Å². The van der Waals surface area contributed by atoms with Gasteiger partial charge < -0.3 is 9.64 Å². The maximum Gasteiger partial charge on any atom is 0.276 e. The minimum Gasteiger partial charge on any atom is -0.379 e. The predicted octanol–water partition coefficient (Wildman–Crippen LogP) is 3.01. The number of rotatable bonds is 7. The van der Waals surface area contributed by atoms with Crippen molar-refractivity contribution in [2.24, 2.45) is 7.05 Å². The highest BCUT2D eigenvalue weighted by Crippen LogP contribution is 2.17. The van der Waals surface area contributed by atoms with Gasteiger partial charge in [-0.2, -0.15) is 0 Å². The van der Waals surface area contributed by atoms with E-state index in [1.165, 1.54) is 0 Å². The van der Waals surface area contributed by atoms with Gasteiger partial charge in [0.25, 0.3) is 11.5 Å². The minimum absolute atomic E-state index is 0.114. The van der Waals surface area contributed by atoms with E-state index in [0.29, 0.717) is 37.6 Å². The standard InChI is InChI=1S/C28H31N5O3/c1-21-24(27(34)33(30(21)2)23-9-4-3-5-10-23)20-32(15-14-31-16-18-36-19-17-31)28(35)26-13-12-22-8-6-7-11-25(22)29-26/h3-13H,14-20H2,1-2H3. The number of hydrogen-bond donors (Lipinski definition) is 0. The summed E-state index contributed by atoms with van der Waals surface area (Å²) in [5.41, 5.74) is 3.28. The van der Waals surface area contributed by atoms with Crippen LogP contribution in [0.4, 0.5) is 0 Å². The predicted molar refractivity (Wildman–Crippen MR) is 139 cm³/mol. The number of aromatic nitrogens is 3. The number of hydrogen-bond acceptors (Lipinski definition) is 5. The Morgan fingerprint density at radius 2 is 1.72 bits per heavy atom. The average molecular weight is 486 g/mol. The van der Waals surface area contributed by atoms with Gasteiger partial charge >= 0.3 is 0 Å². The van der Waals surface area contributed by atoms with Crippen molar-refractivity contribution in [3.8, 4) is 5.69 Å². The molecule has 1 fully saturated rings. The average Bonchev–Trinajstić information content (AvgIpc) is 3.14. The Balaban J connectivity index is 1.47. The highest BCUT2D eigenvalue weighted by Gasteiger charge is 2.24. The molecular weight excluding hydrogens is 454 g/mol. The molecule has 0 spiro atoms. The van der Waals surface area contributed by atoms with Crippen molar-refractivity contribution >= 4 is 16.8 Å². The lowest BCUT2D eigenvalue weighted by Crippen LogP contribution is -2.43. The van der Waals surface area contributed by atoms with Gasteiger partial charge in [0.15, 0.2) is 0 Å². The zero-order valence-corrected chi connectivity index (χ0v) is 20.8. The number of fused-ring (bicyclic) bond motifs is 1. The normalized spacial score (nSPS) is 14.3. The first-order chi connectivity index (χ1) is 17.5. The number of amides is 1. The summed E-state index contributed by atoms with van der Waals surface area (Å²) in [6, 6.07) is 21.0. The van der Waals surface area contributed by atoms with Crippen LogP contribution < -0.4 is 5.56 Å². The molecule has 0 atom stereocenters. The maximum atomic E-state index is 13.8. The second-order valence-corrected chi connectivity index (χ2v) is 9.11. The molecule has 5 rings (SSSR count). The molecule has 0 radical (unpaired) electrons. The van der Waals surface area contributed by atoms with Gasteiger partial charge in [-0.05, 0) is 31.2 Å². The second kappa shape index (κ2) is 10.5. The molecule has 1 amide bonds. The van der Waals surface area contributed by atoms with Crippen LogP contribution in [0.5, 0.6) is 0 Å². The molecule has 1 aliphatic heterocycles. The quantitative estimate of drug-likeness (QED) is 0.402. The Morgan fingerprint density at radius 3 is 2.50 bits per heavy atom. The molecule has 0 bridgehead atoms. The van der Waals surface area contributed by atoms with Crippen molar-refractivity contribution in [3.63, 3.8) is 0 Å². The number of ether oxygens (including phenoxy) is 1. The minimum atomic E-state index is -0.178. The van der Waals surface area contributed by atoms with E-state index in [2.05, 4.69) is 9.88 Å². The van der Waals surface area contributed by atoms with E-state index in [-0.39, 0.29) is 18.0 Å². The topological polar surface area (TPSA) is 72.6 Å². The van der Waals surface area contributed by atoms with Crippen LogP contribution >= 0.6 is 0 Å². The van der Waals surface area contributed by atoms with Crippen molar-refractivity contribution in [2.45, 2.75) is 13.5 Å². The Kier molecular flexibility index (Phi) is 6.97. The first-order valence-electron chi connectivity index (χ1n) is 12.3. The highest BCUT2D eigenvalue weighted by molar-refractivity contribution is 5.94. The molecule has 2 aromatic carbocycles. The highest BCUT2D eigenvalue weighted by atomic mass is 16.5. The van der Waals surface area contributed by atoms with Crippen LogP contribution in [0.15, 0.2) is 71.5 Å². The van der Waals surface area contributed by atoms with Gasteiger partial charge in [0, 0.05) is 44.3 Å². The number of morpholine rings is 1. The summed E-state index contributed by atoms with van der Waals surface area (Å²) in [6.45, 7) is 6.40. The van der Waals surface area contributed by atoms with Gasteiger partial charge in [-0.25, -0.2) is 9.67 Å². The van der Waals surface area contributed by atoms with Crippen molar-refractivity contribution < 1.29 is 9.53 Å². The van der Waals surface area contributed by atoms with Gasteiger partial charge in [0.05, 0.1) is 36.5 Å². The fraction of sp³-hybridized carbons (Fsp3) is 0.321. The van der Waals surface area contributed by atoms with Crippen molar-refractivity contribution in [1.29, 1.82) is 0 Å². The Bertz CT molecular complexity index is 1420. The summed E-state index contributed by atoms with van der Waals surface area (Å²) >= 11 is 0. The summed E-state index contributed by atoms with van der Waals surface area (Å²) in [4.78, 5) is 36.0. The van der Waals surface area contributed by atoms with E-state index in [4.69, 9.17) is 4.74 Å². The van der Waals surface area contributed by atoms with Crippen molar-refractivity contribution in [3.05, 3.63) is 94.0 Å². The van der Waals surface area contributed by atoms with E-state index in [1.54, 1.807) is 15.6 Å². The van der Waals surface area contributed by atoms with Gasteiger partial charge in [0.2, 0.25) is 0 Å². The molecule has 36 heavy (non-hydrogen) atoms. The lowest BCUT2D eigenvalue weighted by atomic mass is 10.2. The monoisotopic (exact) mass is 485 g/mol. The number of carbonyl (C=O) groups excluding carboxylic acids is 1. The molecular formula is C28H31N5O3. The lowest BCUT2D eigenvalue weighted by Gasteiger charge is -2.30. The van der Waals surface area contributed by atoms with E-state index in [0.717, 1.165) is 35.4 Å². The van der Waals surface area contributed by atoms with Crippen LogP contribution in [0.3, 0.4) is 0 Å². The van der Waals surface area contributed by atoms with Gasteiger partial charge in [-0.15, -0.1) is 0 Å². The molecule has 4 aromatic rings. The van der Waals surface area contributed by atoms with E-state index < -0.39 is 0 Å². The number of para-hydroxylation sites is 2. The fourth-order valence-corrected chi connectivity index (χ4v) is 4.68. The third-order valence-electron chi connectivity index (χ3n) is 6.92. The number of benzene rings is 2. The number of pyridine rings is 1. The molecule has 8 nitrogen and oxygen atoms in total. The molecule has 0 saturated carbocycles. The number of carbonyl (C=O) groups is 1. The molecule has 0 aliphatic carbocycles. The Morgan fingerprint density at radius 1 is 1.00 bits per heavy atom. The maximum absolute atomic E-state index is 13.8. The van der Waals surface area contributed by atoms with E-state index >= 15 is 0 Å². The SMILES string of the molecule is Cc1c(CN(CCN2CCOCC2)C(=O)c2ccc3ccccc3n2)c(=O)n(-c2ccccc2)n1C. The van der Waals surface area contributed by atoms with Crippen LogP contribution in [0.1, 0.15) is 21.7 Å². The summed E-state index contributed by atoms with van der Waals surface area (Å²) in [5, 5.41) is 0.985. The summed E-state index contributed by atoms with van der Waals surface area (Å²) < 4.78 is 8.98. The van der Waals surface area contributed by atoms with Crippen LogP contribution in [-0.4, -0.2) is 69.4 Å². The lowest BCUT2D eigenvalue weighted by molar-refractivity contribution is 0.0319. The molecule has 1 aliphatic rings. The van der Waals surface area contributed by atoms with Crippen LogP contribution in [0, 0.1) is 6.92 Å². The summed E-state index contributed by atoms with van der Waals surface area (Å²) in [7, 11) is 1.87. The third-order valence-corrected chi connectivity index (χ3v) is 6.92. The second-order valence-electron chi connectivity index (χ2n) is 9.11. The molecule has 0 N–H and O–H groups in total. The molecule has 186 valence electrons. The Labute approximate surface area is 210 Å². The van der Waals surface area contributed by atoms with Crippen molar-refractivity contribution in [2.75, 3.05) is 39.4 Å². The summed E-state index contributed by atoms with van der Waals surface area (Å²) in [5.74, 6) is -0.178. The number of nitrogens with zero attached hydrogens (tertiary/aromatic N) is 5. The Hall–Kier alpha value is -3.75. The van der Waals surface area contributed by atoms with E-state index in [9.17, 15) is 9.59 Å². The first kappa shape index (κ1) is 24.0. The molecule has 0 unspecified atom stereocenters. The summed E-state index contributed by atoms with van der Waals surface area (Å²) in [6.07, 6.45) is 0. The first-order valence-corrected chi connectivity index (χ1v) is 12.3. The largest absolute Gasteiger partial charge is 0.379 e. The molecule has 1 saturated heterocycles. The van der Waals surface area contributed by atoms with Crippen LogP contribution in [0.25, 0.3) is 16.6 Å². The molecule has 2 aromatic heterocycles. The zero-order valence-electron chi connectivity index (χ0n) is 20.8. The smallest absolute Gasteiger partial charge is 0.276 e. The fourth-order valence-electron chi connectivity index (χ4n) is 4.68. The molecule has 3 heterocycles. The van der Waals surface area contributed by atoms with Gasteiger partial charge in [-0.3, -0.25) is 19.2 Å². The van der Waals surface area contributed by atoms with Gasteiger partial charge in [-0.1, -0.05) is 42.5 Å².